The largest absolute Gasteiger partial charge is 0.505 e. The number of carbonyl (C=O) groups is 4. The summed E-state index contributed by atoms with van der Waals surface area (Å²) in [6.45, 7) is 2.00. The number of hydrogen-bond acceptors (Lipinski definition) is 11. The first-order valence-corrected chi connectivity index (χ1v) is 20.8. The predicted octanol–water partition coefficient (Wildman–Crippen LogP) is 11.4. The van der Waals surface area contributed by atoms with Gasteiger partial charge in [-0.3, -0.25) is 19.2 Å². The van der Waals surface area contributed by atoms with Crippen LogP contribution in [0.15, 0.2) is 124 Å². The van der Waals surface area contributed by atoms with E-state index in [-0.39, 0.29) is 74.6 Å². The molecular weight excluding hydrogens is 842 g/mol. The molecular formula is C51H34FN7O7. The van der Waals surface area contributed by atoms with Gasteiger partial charge in [-0.1, -0.05) is 36.4 Å². The monoisotopic (exact) mass is 875 g/mol. The minimum Gasteiger partial charge on any atom is -0.505 e. The van der Waals surface area contributed by atoms with Crippen LogP contribution in [0.5, 0.6) is 17.2 Å². The molecule has 2 amide bonds. The van der Waals surface area contributed by atoms with Crippen molar-refractivity contribution < 1.29 is 38.5 Å². The fourth-order valence-corrected chi connectivity index (χ4v) is 9.27. The molecule has 1 atom stereocenters. The summed E-state index contributed by atoms with van der Waals surface area (Å²) in [5, 5.41) is 46.1. The number of amides is 2. The zero-order valence-electron chi connectivity index (χ0n) is 35.2. The Kier molecular flexibility index (Phi) is 9.01. The number of aromatic amines is 1. The van der Waals surface area contributed by atoms with Crippen molar-refractivity contribution in [2.75, 3.05) is 26.0 Å². The van der Waals surface area contributed by atoms with Gasteiger partial charge in [-0.2, -0.15) is 10.2 Å². The fraction of sp³-hybridized carbons (Fsp3) is 0.0980. The topological polar surface area (TPSA) is 198 Å². The smallest absolute Gasteiger partial charge is 0.259 e. The van der Waals surface area contributed by atoms with Gasteiger partial charge in [-0.25, -0.2) is 4.39 Å². The van der Waals surface area contributed by atoms with Gasteiger partial charge in [-0.05, 0) is 95.7 Å². The number of aryl methyl sites for hydroxylation is 1. The number of benzene rings is 7. The van der Waals surface area contributed by atoms with Crippen molar-refractivity contribution in [1.29, 1.82) is 0 Å². The molecule has 0 saturated heterocycles. The maximum absolute atomic E-state index is 16.2. The highest BCUT2D eigenvalue weighted by Gasteiger charge is 2.38. The quantitative estimate of drug-likeness (QED) is 0.114. The number of aromatic hydroxyl groups is 2. The van der Waals surface area contributed by atoms with E-state index in [1.165, 1.54) is 35.3 Å². The molecule has 4 N–H and O–H groups in total. The molecule has 8 aromatic rings. The van der Waals surface area contributed by atoms with Crippen molar-refractivity contribution in [3.63, 3.8) is 0 Å². The van der Waals surface area contributed by atoms with Gasteiger partial charge in [0.25, 0.3) is 11.8 Å². The van der Waals surface area contributed by atoms with Crippen molar-refractivity contribution in [3.8, 4) is 28.4 Å². The number of anilines is 1. The van der Waals surface area contributed by atoms with E-state index < -0.39 is 29.2 Å². The minimum absolute atomic E-state index is 0.0103. The number of likely N-dealkylation sites (N-methyl/N-ethyl adjacent to an activating group) is 1. The van der Waals surface area contributed by atoms with Crippen LogP contribution in [0.3, 0.4) is 0 Å². The third-order valence-corrected chi connectivity index (χ3v) is 12.5. The van der Waals surface area contributed by atoms with Crippen molar-refractivity contribution in [2.24, 2.45) is 20.5 Å². The number of allylic oxidation sites excluding steroid dienone is 1. The molecule has 0 saturated carbocycles. The van der Waals surface area contributed by atoms with Crippen LogP contribution in [0.1, 0.15) is 59.2 Å². The normalized spacial score (nSPS) is 15.1. The molecule has 322 valence electrons. The number of rotatable bonds is 7. The average molecular weight is 876 g/mol. The SMILES string of the molecule is COc1ccc(NC(=O)c2cc3ccc4c5ccccc5[nH]c4c3c(N=Nc3cc(F)c4c(c3)C(=O)c3cc(N=Nc5cc6c7c(c5O)C=CC(=O)C7CN(C)C6=O)ccc3-4)c2O)c(C)c1. The van der Waals surface area contributed by atoms with Crippen LogP contribution < -0.4 is 10.1 Å². The highest BCUT2D eigenvalue weighted by Crippen LogP contribution is 2.48. The number of nitrogens with zero attached hydrogens (tertiary/aromatic N) is 5. The Bertz CT molecular complexity index is 3650. The van der Waals surface area contributed by atoms with Gasteiger partial charge in [0.2, 0.25) is 0 Å². The molecule has 11 rings (SSSR count). The minimum atomic E-state index is -0.745. The van der Waals surface area contributed by atoms with Gasteiger partial charge >= 0.3 is 0 Å². The molecule has 0 bridgehead atoms. The van der Waals surface area contributed by atoms with Gasteiger partial charge < -0.3 is 30.2 Å². The summed E-state index contributed by atoms with van der Waals surface area (Å²) < 4.78 is 21.5. The number of methoxy groups -OCH3 is 1. The maximum atomic E-state index is 16.2. The fourth-order valence-electron chi connectivity index (χ4n) is 9.27. The zero-order chi connectivity index (χ0) is 45.7. The summed E-state index contributed by atoms with van der Waals surface area (Å²) in [4.78, 5) is 58.5. The molecule has 0 radical (unpaired) electrons. The summed E-state index contributed by atoms with van der Waals surface area (Å²) >= 11 is 0. The lowest BCUT2D eigenvalue weighted by Gasteiger charge is -2.33. The van der Waals surface area contributed by atoms with E-state index in [0.717, 1.165) is 27.9 Å². The number of ether oxygens (including phenoxy) is 1. The summed E-state index contributed by atoms with van der Waals surface area (Å²) in [6.07, 6.45) is 2.84. The molecule has 2 heterocycles. The van der Waals surface area contributed by atoms with E-state index in [1.807, 2.05) is 43.3 Å². The second-order valence-electron chi connectivity index (χ2n) is 16.4. The molecule has 3 aliphatic rings. The summed E-state index contributed by atoms with van der Waals surface area (Å²) in [5.41, 5.74) is 4.31. The molecule has 2 aliphatic carbocycles. The third-order valence-electron chi connectivity index (χ3n) is 12.5. The van der Waals surface area contributed by atoms with Crippen LogP contribution in [0.2, 0.25) is 0 Å². The number of para-hydroxylation sites is 1. The van der Waals surface area contributed by atoms with Crippen LogP contribution in [0, 0.1) is 12.7 Å². The molecule has 1 aliphatic heterocycles. The lowest BCUT2D eigenvalue weighted by Crippen LogP contribution is -2.40. The van der Waals surface area contributed by atoms with Gasteiger partial charge in [0, 0.05) is 74.8 Å². The molecule has 1 unspecified atom stereocenters. The molecule has 0 spiro atoms. The van der Waals surface area contributed by atoms with E-state index in [2.05, 4.69) is 30.8 Å². The van der Waals surface area contributed by atoms with Gasteiger partial charge in [-0.15, -0.1) is 10.2 Å². The molecule has 0 fully saturated rings. The number of phenolic OH excluding ortho intramolecular Hbond substituents is 2. The maximum Gasteiger partial charge on any atom is 0.259 e. The Morgan fingerprint density at radius 1 is 0.818 bits per heavy atom. The second kappa shape index (κ2) is 14.9. The predicted molar refractivity (Wildman–Crippen MR) is 246 cm³/mol. The number of hydrogen-bond donors (Lipinski definition) is 4. The molecule has 15 heteroatoms. The van der Waals surface area contributed by atoms with Crippen molar-refractivity contribution in [2.45, 2.75) is 12.8 Å². The van der Waals surface area contributed by atoms with Crippen LogP contribution in [0.25, 0.3) is 49.8 Å². The Morgan fingerprint density at radius 2 is 1.62 bits per heavy atom. The van der Waals surface area contributed by atoms with Gasteiger partial charge in [0.1, 0.15) is 22.9 Å². The molecule has 66 heavy (non-hydrogen) atoms. The number of phenols is 2. The summed E-state index contributed by atoms with van der Waals surface area (Å²) in [6, 6.07) is 26.7. The second-order valence-corrected chi connectivity index (χ2v) is 16.4. The van der Waals surface area contributed by atoms with Crippen molar-refractivity contribution >= 4 is 90.5 Å². The highest BCUT2D eigenvalue weighted by atomic mass is 19.1. The first-order chi connectivity index (χ1) is 31.9. The average Bonchev–Trinajstić information content (AvgIpc) is 3.83. The Labute approximate surface area is 373 Å². The first kappa shape index (κ1) is 40.0. The molecule has 1 aromatic heterocycles. The number of ketones is 2. The van der Waals surface area contributed by atoms with E-state index in [1.54, 1.807) is 50.6 Å². The number of fused-ring (bicyclic) bond motifs is 8. The van der Waals surface area contributed by atoms with Crippen LogP contribution in [-0.4, -0.2) is 64.2 Å². The number of aromatic nitrogens is 1. The number of H-pyrrole nitrogens is 1. The highest BCUT2D eigenvalue weighted by molar-refractivity contribution is 6.24. The summed E-state index contributed by atoms with van der Waals surface area (Å²) in [5.74, 6) is -3.06. The molecule has 14 nitrogen and oxygen atoms in total. The van der Waals surface area contributed by atoms with Crippen molar-refractivity contribution in [1.82, 2.24) is 9.88 Å². The van der Waals surface area contributed by atoms with Gasteiger partial charge in [0.15, 0.2) is 23.1 Å². The van der Waals surface area contributed by atoms with E-state index in [9.17, 15) is 29.4 Å². The standard InChI is InChI=1S/C51H34FN7O7/c1-23-16-27(66-3)10-14-38(23)54-50(64)35-17-24-8-11-30-28-6-4-5-7-39(28)53-45(30)42(24)46(49(35)63)58-56-26-19-33-44(37(52)20-26)29-12-9-25(18-32(29)47(33)61)55-57-40-21-34-43-31(48(40)62)13-15-41(60)36(43)22-59(2)51(34)65/h4-21,36,53,62-63H,22H2,1-3H3,(H,54,64). The number of azo groups is 2. The van der Waals surface area contributed by atoms with Crippen molar-refractivity contribution in [3.05, 3.63) is 148 Å². The zero-order valence-corrected chi connectivity index (χ0v) is 35.2. The van der Waals surface area contributed by atoms with E-state index >= 15 is 4.39 Å². The third kappa shape index (κ3) is 6.15. The Hall–Kier alpha value is -8.85. The summed E-state index contributed by atoms with van der Waals surface area (Å²) in [7, 11) is 3.14. The van der Waals surface area contributed by atoms with Crippen LogP contribution >= 0.6 is 0 Å². The lowest BCUT2D eigenvalue weighted by atomic mass is 9.79. The lowest BCUT2D eigenvalue weighted by molar-refractivity contribution is -0.116. The first-order valence-electron chi connectivity index (χ1n) is 20.8. The number of halogens is 1. The van der Waals surface area contributed by atoms with Gasteiger partial charge in [0.05, 0.1) is 35.5 Å². The van der Waals surface area contributed by atoms with Crippen LogP contribution in [-0.2, 0) is 4.79 Å². The van der Waals surface area contributed by atoms with Crippen LogP contribution in [0.4, 0.5) is 32.8 Å². The van der Waals surface area contributed by atoms with E-state index in [0.29, 0.717) is 44.4 Å². The Balaban J connectivity index is 0.949. The van der Waals surface area contributed by atoms with E-state index in [4.69, 9.17) is 4.74 Å². The Morgan fingerprint density at radius 3 is 2.44 bits per heavy atom. The number of nitrogens with one attached hydrogen (secondary N) is 2. The number of carbonyl (C=O) groups excluding carboxylic acids is 4. The molecule has 7 aromatic carbocycles.